The molecule has 0 saturated heterocycles. The number of nitrogens with zero attached hydrogens (tertiary/aromatic N) is 1. The average Bonchev–Trinajstić information content (AvgIpc) is 2.82. The van der Waals surface area contributed by atoms with Gasteiger partial charge in [0.1, 0.15) is 17.7 Å². The number of anilines is 1. The first-order valence-electron chi connectivity index (χ1n) is 11.2. The van der Waals surface area contributed by atoms with E-state index in [9.17, 15) is 26.0 Å². The zero-order valence-corrected chi connectivity index (χ0v) is 21.3. The first-order valence-corrected chi connectivity index (χ1v) is 13.0. The van der Waals surface area contributed by atoms with E-state index in [-0.39, 0.29) is 28.6 Å². The van der Waals surface area contributed by atoms with E-state index >= 15 is 0 Å². The molecule has 1 heterocycles. The molecule has 0 unspecified atom stereocenters. The Morgan fingerprint density at radius 2 is 1.86 bits per heavy atom. The van der Waals surface area contributed by atoms with E-state index in [1.165, 1.54) is 18.2 Å². The minimum Gasteiger partial charge on any atom is -0.485 e. The van der Waals surface area contributed by atoms with Crippen LogP contribution in [0.1, 0.15) is 30.5 Å². The molecule has 2 atom stereocenters. The summed E-state index contributed by atoms with van der Waals surface area (Å²) in [6.07, 6.45) is -3.84. The Kier molecular flexibility index (Phi) is 7.29. The van der Waals surface area contributed by atoms with Gasteiger partial charge in [0.05, 0.1) is 27.7 Å². The number of benzene rings is 3. The van der Waals surface area contributed by atoms with Crippen LogP contribution in [0.3, 0.4) is 0 Å². The summed E-state index contributed by atoms with van der Waals surface area (Å²) in [7, 11) is -4.44. The van der Waals surface area contributed by atoms with Crippen LogP contribution >= 0.6 is 11.6 Å². The lowest BCUT2D eigenvalue weighted by Crippen LogP contribution is -2.50. The van der Waals surface area contributed by atoms with Gasteiger partial charge in [-0.15, -0.1) is 0 Å². The molecule has 11 heteroatoms. The summed E-state index contributed by atoms with van der Waals surface area (Å²) < 4.78 is 88.4. The van der Waals surface area contributed by atoms with Crippen LogP contribution in [0, 0.1) is 5.82 Å². The molecule has 1 aliphatic rings. The Labute approximate surface area is 217 Å². The monoisotopic (exact) mass is 554 g/mol. The number of sulfonamides is 1. The third-order valence-electron chi connectivity index (χ3n) is 5.95. The maximum atomic E-state index is 14.4. The van der Waals surface area contributed by atoms with Crippen molar-refractivity contribution in [2.75, 3.05) is 10.8 Å². The van der Waals surface area contributed by atoms with Crippen molar-refractivity contribution in [1.29, 1.82) is 0 Å². The van der Waals surface area contributed by atoms with Gasteiger partial charge in [-0.3, -0.25) is 4.31 Å². The predicted molar refractivity (Wildman–Crippen MR) is 135 cm³/mol. The first-order chi connectivity index (χ1) is 17.3. The van der Waals surface area contributed by atoms with Crippen LogP contribution in [0.25, 0.3) is 11.6 Å². The van der Waals surface area contributed by atoms with E-state index < -0.39 is 44.6 Å². The van der Waals surface area contributed by atoms with Crippen molar-refractivity contribution in [1.82, 2.24) is 0 Å². The van der Waals surface area contributed by atoms with E-state index in [2.05, 4.69) is 0 Å². The molecule has 4 rings (SSSR count). The van der Waals surface area contributed by atoms with Crippen molar-refractivity contribution >= 4 is 39.0 Å². The van der Waals surface area contributed by atoms with Crippen LogP contribution in [-0.2, 0) is 16.2 Å². The number of ether oxygens (including phenoxy) is 1. The molecule has 0 saturated carbocycles. The number of hydrogen-bond donors (Lipinski definition) is 1. The topological polar surface area (TPSA) is 72.6 Å². The van der Waals surface area contributed by atoms with Crippen molar-refractivity contribution in [3.63, 3.8) is 0 Å². The van der Waals surface area contributed by atoms with Crippen molar-refractivity contribution in [3.05, 3.63) is 88.2 Å². The summed E-state index contributed by atoms with van der Waals surface area (Å²) in [5.74, 6) is -0.320. The molecule has 2 N–H and O–H groups in total. The van der Waals surface area contributed by atoms with Crippen LogP contribution in [-0.4, -0.2) is 27.1 Å². The number of alkyl halides is 3. The molecule has 0 fully saturated rings. The molecular formula is C26H23ClF4N2O3S. The summed E-state index contributed by atoms with van der Waals surface area (Å²) >= 11 is 6.17. The average molecular weight is 555 g/mol. The van der Waals surface area contributed by atoms with Gasteiger partial charge < -0.3 is 10.5 Å². The fraction of sp³-hybridized carbons (Fsp3) is 0.231. The zero-order valence-electron chi connectivity index (χ0n) is 19.8. The lowest BCUT2D eigenvalue weighted by Gasteiger charge is -2.37. The van der Waals surface area contributed by atoms with Crippen LogP contribution < -0.4 is 14.8 Å². The fourth-order valence-electron chi connectivity index (χ4n) is 4.04. The second kappa shape index (κ2) is 10.00. The Hall–Kier alpha value is -3.08. The standard InChI is InChI=1S/C26H23ClF4N2O3S/c1-15(25-20(27)7-4-8-21(25)28)11-17-9-10-23-22(12-17)33(14-24(36-23)16(2)32)37(34,35)19-6-3-5-18(13-19)26(29,30)31/h3-13,16,24H,14,32H2,1-2H3/b15-11+/t16-,24-/m1/s1. The van der Waals surface area contributed by atoms with Gasteiger partial charge in [-0.2, -0.15) is 13.2 Å². The van der Waals surface area contributed by atoms with Gasteiger partial charge in [-0.25, -0.2) is 12.8 Å². The lowest BCUT2D eigenvalue weighted by molar-refractivity contribution is -0.137. The molecule has 196 valence electrons. The molecule has 0 aliphatic carbocycles. The molecule has 37 heavy (non-hydrogen) atoms. The highest BCUT2D eigenvalue weighted by atomic mass is 35.5. The minimum absolute atomic E-state index is 0.121. The molecule has 0 radical (unpaired) electrons. The second-order valence-electron chi connectivity index (χ2n) is 8.73. The number of allylic oxidation sites excluding steroid dienone is 1. The first kappa shape index (κ1) is 27.0. The van der Waals surface area contributed by atoms with Gasteiger partial charge in [0.25, 0.3) is 10.0 Å². The zero-order chi connectivity index (χ0) is 27.1. The van der Waals surface area contributed by atoms with E-state index in [4.69, 9.17) is 22.1 Å². The summed E-state index contributed by atoms with van der Waals surface area (Å²) in [5.41, 5.74) is 6.21. The fourth-order valence-corrected chi connectivity index (χ4v) is 5.88. The van der Waals surface area contributed by atoms with Gasteiger partial charge in [-0.05, 0) is 67.4 Å². The van der Waals surface area contributed by atoms with E-state index in [1.54, 1.807) is 38.1 Å². The minimum atomic E-state index is -4.72. The third kappa shape index (κ3) is 5.46. The van der Waals surface area contributed by atoms with Crippen LogP contribution in [0.4, 0.5) is 23.2 Å². The van der Waals surface area contributed by atoms with Crippen LogP contribution in [0.5, 0.6) is 5.75 Å². The van der Waals surface area contributed by atoms with Gasteiger partial charge in [0.2, 0.25) is 0 Å². The van der Waals surface area contributed by atoms with E-state index in [0.717, 1.165) is 22.5 Å². The Bertz CT molecular complexity index is 1450. The van der Waals surface area contributed by atoms with Gasteiger partial charge in [0.15, 0.2) is 0 Å². The highest BCUT2D eigenvalue weighted by Crippen LogP contribution is 2.40. The molecule has 0 bridgehead atoms. The van der Waals surface area contributed by atoms with Gasteiger partial charge in [0, 0.05) is 11.6 Å². The quantitative estimate of drug-likeness (QED) is 0.294. The number of nitrogens with two attached hydrogens (primary N) is 1. The smallest absolute Gasteiger partial charge is 0.416 e. The van der Waals surface area contributed by atoms with Crippen molar-refractivity contribution in [3.8, 4) is 5.75 Å². The molecular weight excluding hydrogens is 532 g/mol. The molecule has 1 aliphatic heterocycles. The molecule has 3 aromatic carbocycles. The molecule has 0 spiro atoms. The Morgan fingerprint density at radius 3 is 2.51 bits per heavy atom. The van der Waals surface area contributed by atoms with Gasteiger partial charge >= 0.3 is 6.18 Å². The maximum absolute atomic E-state index is 14.4. The second-order valence-corrected chi connectivity index (χ2v) is 11.0. The summed E-state index contributed by atoms with van der Waals surface area (Å²) in [4.78, 5) is -0.520. The highest BCUT2D eigenvalue weighted by molar-refractivity contribution is 7.92. The molecule has 3 aromatic rings. The Morgan fingerprint density at radius 1 is 1.16 bits per heavy atom. The summed E-state index contributed by atoms with van der Waals surface area (Å²) in [5, 5.41) is 0.212. The Balaban J connectivity index is 1.82. The van der Waals surface area contributed by atoms with Crippen LogP contribution in [0.2, 0.25) is 5.02 Å². The number of fused-ring (bicyclic) bond motifs is 1. The molecule has 0 aromatic heterocycles. The highest BCUT2D eigenvalue weighted by Gasteiger charge is 2.38. The molecule has 0 amide bonds. The molecule has 5 nitrogen and oxygen atoms in total. The van der Waals surface area contributed by atoms with Gasteiger partial charge in [-0.1, -0.05) is 35.9 Å². The van der Waals surface area contributed by atoms with Crippen molar-refractivity contribution in [2.45, 2.75) is 37.1 Å². The van der Waals surface area contributed by atoms with Crippen molar-refractivity contribution < 1.29 is 30.7 Å². The summed E-state index contributed by atoms with van der Waals surface area (Å²) in [6, 6.07) is 12.0. The normalized spacial score (nSPS) is 17.2. The maximum Gasteiger partial charge on any atom is 0.416 e. The van der Waals surface area contributed by atoms with Crippen LogP contribution in [0.15, 0.2) is 65.6 Å². The predicted octanol–water partition coefficient (Wildman–Crippen LogP) is 6.36. The number of halogens is 5. The largest absolute Gasteiger partial charge is 0.485 e. The lowest BCUT2D eigenvalue weighted by atomic mass is 10.0. The number of rotatable bonds is 5. The van der Waals surface area contributed by atoms with E-state index in [0.29, 0.717) is 17.2 Å². The third-order valence-corrected chi connectivity index (χ3v) is 8.04. The number of hydrogen-bond acceptors (Lipinski definition) is 4. The summed E-state index contributed by atoms with van der Waals surface area (Å²) in [6.45, 7) is 3.08. The van der Waals surface area contributed by atoms with Crippen molar-refractivity contribution in [2.24, 2.45) is 5.73 Å². The van der Waals surface area contributed by atoms with E-state index in [1.807, 2.05) is 0 Å². The SMILES string of the molecule is C/C(=C\c1ccc2c(c1)N(S(=O)(=O)c1cccc(C(F)(F)F)c1)C[C@H]([C@@H](C)N)O2)c1c(F)cccc1Cl.